The minimum absolute atomic E-state index is 0.235. The van der Waals surface area contributed by atoms with Gasteiger partial charge in [-0.3, -0.25) is 9.59 Å². The molecule has 3 aromatic rings. The average molecular weight is 402 g/mol. The Morgan fingerprint density at radius 2 is 1.77 bits per heavy atom. The van der Waals surface area contributed by atoms with E-state index in [1.165, 1.54) is 6.08 Å². The van der Waals surface area contributed by atoms with E-state index in [2.05, 4.69) is 10.3 Å². The summed E-state index contributed by atoms with van der Waals surface area (Å²) < 4.78 is 5.11. The first-order valence-electron chi connectivity index (χ1n) is 9.21. The molecule has 0 fully saturated rings. The number of carbonyl (C=O) groups is 2. The molecule has 1 unspecified atom stereocenters. The predicted octanol–water partition coefficient (Wildman–Crippen LogP) is 3.21. The molecule has 0 spiro atoms. The second-order valence-corrected chi connectivity index (χ2v) is 6.50. The SMILES string of the molecule is COc1ccc(/C=C/C(=O)C(N)c2ccc(C(=O)Nc3cccnc3N)cc2)cc1. The van der Waals surface area contributed by atoms with Crippen LogP contribution < -0.4 is 21.5 Å². The fraction of sp³-hybridized carbons (Fsp3) is 0.0870. The number of pyridine rings is 1. The molecule has 2 aromatic carbocycles. The number of benzene rings is 2. The minimum Gasteiger partial charge on any atom is -0.497 e. The van der Waals surface area contributed by atoms with Crippen LogP contribution in [0.4, 0.5) is 11.5 Å². The van der Waals surface area contributed by atoms with Crippen LogP contribution in [-0.2, 0) is 4.79 Å². The number of rotatable bonds is 7. The molecule has 5 N–H and O–H groups in total. The molecular formula is C23H22N4O3. The highest BCUT2D eigenvalue weighted by Gasteiger charge is 2.14. The van der Waals surface area contributed by atoms with Crippen molar-refractivity contribution in [2.75, 3.05) is 18.2 Å². The van der Waals surface area contributed by atoms with Gasteiger partial charge >= 0.3 is 0 Å². The zero-order chi connectivity index (χ0) is 21.5. The molecule has 0 aliphatic carbocycles. The number of nitrogens with zero attached hydrogens (tertiary/aromatic N) is 1. The molecular weight excluding hydrogens is 380 g/mol. The zero-order valence-electron chi connectivity index (χ0n) is 16.4. The Kier molecular flexibility index (Phi) is 6.56. The highest BCUT2D eigenvalue weighted by atomic mass is 16.5. The van der Waals surface area contributed by atoms with Gasteiger partial charge in [0.15, 0.2) is 5.78 Å². The van der Waals surface area contributed by atoms with Crippen LogP contribution >= 0.6 is 0 Å². The number of ether oxygens (including phenoxy) is 1. The number of carbonyl (C=O) groups excluding carboxylic acids is 2. The Hall–Kier alpha value is -3.97. The highest BCUT2D eigenvalue weighted by molar-refractivity contribution is 6.05. The summed E-state index contributed by atoms with van der Waals surface area (Å²) in [5.74, 6) is 0.399. The first-order valence-corrected chi connectivity index (χ1v) is 9.21. The molecule has 1 atom stereocenters. The summed E-state index contributed by atoms with van der Waals surface area (Å²) in [5.41, 5.74) is 14.1. The largest absolute Gasteiger partial charge is 0.497 e. The summed E-state index contributed by atoms with van der Waals surface area (Å²) in [6.45, 7) is 0. The van der Waals surface area contributed by atoms with Crippen LogP contribution in [0.25, 0.3) is 6.08 Å². The van der Waals surface area contributed by atoms with Gasteiger partial charge in [0.25, 0.3) is 5.91 Å². The number of methoxy groups -OCH3 is 1. The van der Waals surface area contributed by atoms with Gasteiger partial charge in [-0.25, -0.2) is 4.98 Å². The van der Waals surface area contributed by atoms with E-state index in [-0.39, 0.29) is 17.5 Å². The molecule has 0 saturated heterocycles. The normalized spacial score (nSPS) is 11.8. The zero-order valence-corrected chi connectivity index (χ0v) is 16.4. The van der Waals surface area contributed by atoms with Crippen LogP contribution in [0, 0.1) is 0 Å². The number of nitrogens with two attached hydrogens (primary N) is 2. The van der Waals surface area contributed by atoms with Crippen molar-refractivity contribution in [1.29, 1.82) is 0 Å². The summed E-state index contributed by atoms with van der Waals surface area (Å²) in [6.07, 6.45) is 4.68. The van der Waals surface area contributed by atoms with Crippen LogP contribution in [0.5, 0.6) is 5.75 Å². The molecule has 30 heavy (non-hydrogen) atoms. The second-order valence-electron chi connectivity index (χ2n) is 6.50. The fourth-order valence-electron chi connectivity index (χ4n) is 2.72. The van der Waals surface area contributed by atoms with Crippen molar-refractivity contribution in [1.82, 2.24) is 4.98 Å². The third-order valence-electron chi connectivity index (χ3n) is 4.48. The third kappa shape index (κ3) is 5.09. The van der Waals surface area contributed by atoms with Crippen molar-refractivity contribution < 1.29 is 14.3 Å². The maximum atomic E-state index is 12.4. The van der Waals surface area contributed by atoms with Gasteiger partial charge in [0.05, 0.1) is 18.8 Å². The number of anilines is 2. The maximum Gasteiger partial charge on any atom is 0.255 e. The molecule has 1 amide bonds. The smallest absolute Gasteiger partial charge is 0.255 e. The Morgan fingerprint density at radius 1 is 1.07 bits per heavy atom. The van der Waals surface area contributed by atoms with Gasteiger partial charge in [0.1, 0.15) is 11.6 Å². The van der Waals surface area contributed by atoms with E-state index in [0.717, 1.165) is 11.3 Å². The van der Waals surface area contributed by atoms with Gasteiger partial charge in [-0.05, 0) is 53.6 Å². The Balaban J connectivity index is 1.64. The summed E-state index contributed by atoms with van der Waals surface area (Å²) >= 11 is 0. The van der Waals surface area contributed by atoms with E-state index in [4.69, 9.17) is 16.2 Å². The van der Waals surface area contributed by atoms with Crippen LogP contribution in [0.15, 0.2) is 72.9 Å². The van der Waals surface area contributed by atoms with E-state index in [1.807, 2.05) is 24.3 Å². The quantitative estimate of drug-likeness (QED) is 0.522. The first kappa shape index (κ1) is 20.8. The summed E-state index contributed by atoms with van der Waals surface area (Å²) in [5, 5.41) is 2.70. The lowest BCUT2D eigenvalue weighted by Gasteiger charge is -2.10. The van der Waals surface area contributed by atoms with Crippen molar-refractivity contribution in [2.24, 2.45) is 5.73 Å². The number of aromatic nitrogens is 1. The number of amides is 1. The van der Waals surface area contributed by atoms with Crippen LogP contribution in [-0.4, -0.2) is 23.8 Å². The lowest BCUT2D eigenvalue weighted by molar-refractivity contribution is -0.115. The van der Waals surface area contributed by atoms with Crippen molar-refractivity contribution in [3.63, 3.8) is 0 Å². The van der Waals surface area contributed by atoms with Gasteiger partial charge in [-0.2, -0.15) is 0 Å². The van der Waals surface area contributed by atoms with Crippen molar-refractivity contribution >= 4 is 29.3 Å². The minimum atomic E-state index is -0.828. The summed E-state index contributed by atoms with van der Waals surface area (Å²) in [6, 6.07) is 16.4. The summed E-state index contributed by atoms with van der Waals surface area (Å²) in [7, 11) is 1.59. The lowest BCUT2D eigenvalue weighted by atomic mass is 10.0. The van der Waals surface area contributed by atoms with E-state index < -0.39 is 6.04 Å². The second kappa shape index (κ2) is 9.49. The van der Waals surface area contributed by atoms with Gasteiger partial charge in [-0.1, -0.05) is 30.3 Å². The predicted molar refractivity (Wildman–Crippen MR) is 117 cm³/mol. The fourth-order valence-corrected chi connectivity index (χ4v) is 2.72. The number of hydrogen-bond acceptors (Lipinski definition) is 6. The average Bonchev–Trinajstić information content (AvgIpc) is 2.79. The van der Waals surface area contributed by atoms with Gasteiger partial charge in [-0.15, -0.1) is 0 Å². The van der Waals surface area contributed by atoms with Crippen molar-refractivity contribution in [3.05, 3.63) is 89.6 Å². The van der Waals surface area contributed by atoms with E-state index in [9.17, 15) is 9.59 Å². The number of nitrogens with one attached hydrogen (secondary N) is 1. The Morgan fingerprint density at radius 3 is 2.40 bits per heavy atom. The third-order valence-corrected chi connectivity index (χ3v) is 4.48. The van der Waals surface area contributed by atoms with Crippen LogP contribution in [0.1, 0.15) is 27.5 Å². The monoisotopic (exact) mass is 402 g/mol. The standard InChI is InChI=1S/C23H22N4O3/c1-30-18-11-4-15(5-12-18)6-13-20(28)21(24)16-7-9-17(10-8-16)23(29)27-19-3-2-14-26-22(19)25/h2-14,21H,24H2,1H3,(H2,25,26)(H,27,29)/b13-6+. The molecule has 0 aliphatic heterocycles. The molecule has 0 bridgehead atoms. The highest BCUT2D eigenvalue weighted by Crippen LogP contribution is 2.18. The number of nitrogen functional groups attached to an aromatic ring is 1. The van der Waals surface area contributed by atoms with E-state index in [0.29, 0.717) is 16.8 Å². The molecule has 0 saturated carbocycles. The van der Waals surface area contributed by atoms with Crippen molar-refractivity contribution in [3.8, 4) is 5.75 Å². The Labute approximate surface area is 174 Å². The van der Waals surface area contributed by atoms with Gasteiger partial charge in [0, 0.05) is 11.8 Å². The first-order chi connectivity index (χ1) is 14.5. The molecule has 7 heteroatoms. The lowest BCUT2D eigenvalue weighted by Crippen LogP contribution is -2.20. The maximum absolute atomic E-state index is 12.4. The van der Waals surface area contributed by atoms with E-state index >= 15 is 0 Å². The molecule has 1 heterocycles. The van der Waals surface area contributed by atoms with Gasteiger partial charge < -0.3 is 21.5 Å². The van der Waals surface area contributed by atoms with Gasteiger partial charge in [0.2, 0.25) is 0 Å². The Bertz CT molecular complexity index is 1060. The summed E-state index contributed by atoms with van der Waals surface area (Å²) in [4.78, 5) is 28.7. The number of hydrogen-bond donors (Lipinski definition) is 3. The number of ketones is 1. The van der Waals surface area contributed by atoms with E-state index in [1.54, 1.807) is 55.8 Å². The molecule has 3 rings (SSSR count). The van der Waals surface area contributed by atoms with Crippen LogP contribution in [0.2, 0.25) is 0 Å². The van der Waals surface area contributed by atoms with Crippen LogP contribution in [0.3, 0.4) is 0 Å². The molecule has 7 nitrogen and oxygen atoms in total. The molecule has 1 aromatic heterocycles. The molecule has 0 radical (unpaired) electrons. The topological polar surface area (TPSA) is 120 Å². The van der Waals surface area contributed by atoms with Crippen molar-refractivity contribution in [2.45, 2.75) is 6.04 Å². The molecule has 0 aliphatic rings. The molecule has 152 valence electrons.